The predicted octanol–water partition coefficient (Wildman–Crippen LogP) is 4.54. The number of hydrogen-bond acceptors (Lipinski definition) is 7. The Morgan fingerprint density at radius 2 is 1.80 bits per heavy atom. The van der Waals surface area contributed by atoms with Gasteiger partial charge in [0, 0.05) is 40.5 Å². The number of aliphatic carboxylic acids is 1. The van der Waals surface area contributed by atoms with Gasteiger partial charge in [-0.2, -0.15) is 0 Å². The monoisotopic (exact) mass is 556 g/mol. The van der Waals surface area contributed by atoms with Crippen LogP contribution in [0.3, 0.4) is 0 Å². The molecule has 2 aromatic heterocycles. The molecule has 1 amide bonds. The van der Waals surface area contributed by atoms with Crippen LogP contribution in [0.15, 0.2) is 76.1 Å². The molecule has 0 spiro atoms. The SMILES string of the molecule is COc1ccc(-c2cc(=O)oc3c(C)c(OC(C)C(=O)NC(Cc4c[nH]c5ccc(O)cc45)C(=O)O)ccc23)cc1. The molecular weight excluding hydrogens is 528 g/mol. The molecule has 5 aromatic rings. The van der Waals surface area contributed by atoms with E-state index in [2.05, 4.69) is 10.3 Å². The smallest absolute Gasteiger partial charge is 0.336 e. The Labute approximate surface area is 234 Å². The third-order valence-corrected chi connectivity index (χ3v) is 6.97. The number of aryl methyl sites for hydroxylation is 1. The van der Waals surface area contributed by atoms with Crippen molar-refractivity contribution in [2.24, 2.45) is 0 Å². The first-order valence-electron chi connectivity index (χ1n) is 12.8. The second-order valence-electron chi connectivity index (χ2n) is 9.68. The molecule has 0 saturated heterocycles. The number of aromatic hydroxyl groups is 1. The summed E-state index contributed by atoms with van der Waals surface area (Å²) in [7, 11) is 1.58. The van der Waals surface area contributed by atoms with Crippen molar-refractivity contribution >= 4 is 33.7 Å². The van der Waals surface area contributed by atoms with Crippen molar-refractivity contribution in [1.82, 2.24) is 10.3 Å². The number of amides is 1. The molecule has 2 atom stereocenters. The first-order valence-corrected chi connectivity index (χ1v) is 12.8. The number of rotatable bonds is 9. The lowest BCUT2D eigenvalue weighted by Gasteiger charge is -2.20. The van der Waals surface area contributed by atoms with E-state index in [-0.39, 0.29) is 12.2 Å². The number of aromatic nitrogens is 1. The van der Waals surface area contributed by atoms with Gasteiger partial charge in [-0.1, -0.05) is 12.1 Å². The lowest BCUT2D eigenvalue weighted by Crippen LogP contribution is -2.47. The Hall–Kier alpha value is -5.25. The summed E-state index contributed by atoms with van der Waals surface area (Å²) in [6.07, 6.45) is 0.584. The lowest BCUT2D eigenvalue weighted by atomic mass is 10.00. The zero-order valence-corrected chi connectivity index (χ0v) is 22.6. The number of fused-ring (bicyclic) bond motifs is 2. The van der Waals surface area contributed by atoms with Gasteiger partial charge in [-0.3, -0.25) is 4.79 Å². The number of carboxylic acids is 1. The minimum absolute atomic E-state index is 0.00839. The molecule has 0 bridgehead atoms. The number of carboxylic acid groups (broad SMARTS) is 1. The van der Waals surface area contributed by atoms with Gasteiger partial charge >= 0.3 is 11.6 Å². The summed E-state index contributed by atoms with van der Waals surface area (Å²) in [4.78, 5) is 40.5. The second kappa shape index (κ2) is 11.1. The number of aromatic amines is 1. The molecule has 41 heavy (non-hydrogen) atoms. The number of carbonyl (C=O) groups excluding carboxylic acids is 1. The van der Waals surface area contributed by atoms with Crippen LogP contribution in [0, 0.1) is 6.92 Å². The van der Waals surface area contributed by atoms with E-state index in [1.165, 1.54) is 25.1 Å². The maximum atomic E-state index is 13.0. The molecule has 0 fully saturated rings. The van der Waals surface area contributed by atoms with E-state index in [9.17, 15) is 24.6 Å². The van der Waals surface area contributed by atoms with Crippen LogP contribution in [0.2, 0.25) is 0 Å². The van der Waals surface area contributed by atoms with Gasteiger partial charge in [-0.15, -0.1) is 0 Å². The van der Waals surface area contributed by atoms with Gasteiger partial charge in [0.25, 0.3) is 5.91 Å². The Morgan fingerprint density at radius 1 is 1.05 bits per heavy atom. The molecule has 0 radical (unpaired) electrons. The van der Waals surface area contributed by atoms with Crippen LogP contribution >= 0.6 is 0 Å². The maximum absolute atomic E-state index is 13.0. The first kappa shape index (κ1) is 27.3. The molecule has 210 valence electrons. The van der Waals surface area contributed by atoms with Crippen molar-refractivity contribution < 1.29 is 33.7 Å². The topological polar surface area (TPSA) is 151 Å². The zero-order chi connectivity index (χ0) is 29.3. The van der Waals surface area contributed by atoms with Crippen LogP contribution in [-0.2, 0) is 16.0 Å². The average Bonchev–Trinajstić information content (AvgIpc) is 3.35. The molecular formula is C31H28N2O8. The number of hydrogen-bond donors (Lipinski definition) is 4. The highest BCUT2D eigenvalue weighted by atomic mass is 16.5. The molecule has 0 aliphatic rings. The first-order chi connectivity index (χ1) is 19.6. The van der Waals surface area contributed by atoms with Crippen molar-refractivity contribution in [3.05, 3.63) is 88.4 Å². The minimum Gasteiger partial charge on any atom is -0.508 e. The highest BCUT2D eigenvalue weighted by Gasteiger charge is 2.26. The maximum Gasteiger partial charge on any atom is 0.336 e. The van der Waals surface area contributed by atoms with Crippen LogP contribution in [0.1, 0.15) is 18.1 Å². The Morgan fingerprint density at radius 3 is 2.51 bits per heavy atom. The Balaban J connectivity index is 1.36. The largest absolute Gasteiger partial charge is 0.508 e. The summed E-state index contributed by atoms with van der Waals surface area (Å²) in [5, 5.41) is 23.5. The fourth-order valence-electron chi connectivity index (χ4n) is 4.77. The van der Waals surface area contributed by atoms with Crippen LogP contribution in [0.25, 0.3) is 33.0 Å². The van der Waals surface area contributed by atoms with Crippen LogP contribution < -0.4 is 20.4 Å². The van der Waals surface area contributed by atoms with Crippen LogP contribution in [-0.4, -0.2) is 46.3 Å². The second-order valence-corrected chi connectivity index (χ2v) is 9.68. The number of benzene rings is 3. The number of nitrogens with one attached hydrogen (secondary N) is 2. The van der Waals surface area contributed by atoms with Gasteiger partial charge in [-0.25, -0.2) is 9.59 Å². The highest BCUT2D eigenvalue weighted by Crippen LogP contribution is 2.34. The standard InChI is InChI=1S/C31H28N2O8/c1-16-27(11-9-22-23(14-28(35)41-29(16)22)18-4-7-21(39-3)8-5-18)40-17(2)30(36)33-26(31(37)38)12-19-15-32-25-10-6-20(34)13-24(19)25/h4-11,13-15,17,26,32,34H,12H2,1-3H3,(H,33,36)(H,37,38). The van der Waals surface area contributed by atoms with Crippen molar-refractivity contribution in [2.45, 2.75) is 32.4 Å². The van der Waals surface area contributed by atoms with Crippen molar-refractivity contribution in [3.8, 4) is 28.4 Å². The normalized spacial score (nSPS) is 12.7. The van der Waals surface area contributed by atoms with E-state index in [0.717, 1.165) is 11.1 Å². The number of phenolic OH excluding ortho intramolecular Hbond substituents is 1. The molecule has 10 nitrogen and oxygen atoms in total. The molecule has 0 aliphatic carbocycles. The van der Waals surface area contributed by atoms with E-state index in [1.54, 1.807) is 50.6 Å². The molecule has 0 saturated carbocycles. The summed E-state index contributed by atoms with van der Waals surface area (Å²) in [5.41, 5.74) is 3.14. The quantitative estimate of drug-likeness (QED) is 0.193. The molecule has 10 heteroatoms. The number of ether oxygens (including phenoxy) is 2. The van der Waals surface area contributed by atoms with Crippen molar-refractivity contribution in [3.63, 3.8) is 0 Å². The van der Waals surface area contributed by atoms with Crippen LogP contribution in [0.4, 0.5) is 0 Å². The van der Waals surface area contributed by atoms with E-state index in [1.807, 2.05) is 12.1 Å². The van der Waals surface area contributed by atoms with Gasteiger partial charge in [0.1, 0.15) is 28.9 Å². The molecule has 5 rings (SSSR count). The molecule has 0 aliphatic heterocycles. The Kier molecular flexibility index (Phi) is 7.39. The van der Waals surface area contributed by atoms with E-state index in [4.69, 9.17) is 13.9 Å². The predicted molar refractivity (Wildman–Crippen MR) is 153 cm³/mol. The minimum atomic E-state index is -1.24. The Bertz CT molecular complexity index is 1820. The van der Waals surface area contributed by atoms with Crippen LogP contribution in [0.5, 0.6) is 17.2 Å². The summed E-state index contributed by atoms with van der Waals surface area (Å²) in [6.45, 7) is 3.22. The molecule has 3 aromatic carbocycles. The summed E-state index contributed by atoms with van der Waals surface area (Å²) < 4.78 is 16.7. The number of phenols is 1. The number of methoxy groups -OCH3 is 1. The third-order valence-electron chi connectivity index (χ3n) is 6.97. The van der Waals surface area contributed by atoms with Gasteiger partial charge < -0.3 is 34.4 Å². The van der Waals surface area contributed by atoms with Crippen molar-refractivity contribution in [1.29, 1.82) is 0 Å². The highest BCUT2D eigenvalue weighted by molar-refractivity contribution is 5.96. The lowest BCUT2D eigenvalue weighted by molar-refractivity contribution is -0.142. The van der Waals surface area contributed by atoms with Gasteiger partial charge in [0.05, 0.1) is 7.11 Å². The summed E-state index contributed by atoms with van der Waals surface area (Å²) in [6, 6.07) is 15.6. The van der Waals surface area contributed by atoms with Gasteiger partial charge in [0.2, 0.25) is 0 Å². The fourth-order valence-corrected chi connectivity index (χ4v) is 4.77. The van der Waals surface area contributed by atoms with Crippen molar-refractivity contribution in [2.75, 3.05) is 7.11 Å². The molecule has 2 heterocycles. The third kappa shape index (κ3) is 5.58. The van der Waals surface area contributed by atoms with E-state index in [0.29, 0.717) is 44.5 Å². The average molecular weight is 557 g/mol. The number of H-pyrrole nitrogens is 1. The zero-order valence-electron chi connectivity index (χ0n) is 22.6. The molecule has 4 N–H and O–H groups in total. The summed E-state index contributed by atoms with van der Waals surface area (Å²) >= 11 is 0. The van der Waals surface area contributed by atoms with E-state index >= 15 is 0 Å². The van der Waals surface area contributed by atoms with Gasteiger partial charge in [-0.05, 0) is 73.0 Å². The number of carbonyl (C=O) groups is 2. The van der Waals surface area contributed by atoms with Gasteiger partial charge in [0.15, 0.2) is 6.10 Å². The van der Waals surface area contributed by atoms with E-state index < -0.39 is 29.6 Å². The molecule has 2 unspecified atom stereocenters. The summed E-state index contributed by atoms with van der Waals surface area (Å²) in [5.74, 6) is -0.794. The fraction of sp³-hybridized carbons (Fsp3) is 0.194.